The minimum Gasteiger partial charge on any atom is -0.367 e. The lowest BCUT2D eigenvalue weighted by molar-refractivity contribution is -0.141. The highest BCUT2D eigenvalue weighted by Crippen LogP contribution is 2.30. The molecule has 0 spiro atoms. The van der Waals surface area contributed by atoms with Gasteiger partial charge in [-0.2, -0.15) is 13.2 Å². The molecule has 1 saturated carbocycles. The molecule has 2 unspecified atom stereocenters. The first kappa shape index (κ1) is 15.4. The lowest BCUT2D eigenvalue weighted by atomic mass is 10.0. The summed E-state index contributed by atoms with van der Waals surface area (Å²) in [6.45, 7) is 2.20. The third-order valence-electron chi connectivity index (χ3n) is 3.60. The van der Waals surface area contributed by atoms with Gasteiger partial charge >= 0.3 is 6.18 Å². The number of anilines is 1. The van der Waals surface area contributed by atoms with Crippen LogP contribution in [0.5, 0.6) is 0 Å². The topological polar surface area (TPSA) is 37.8 Å². The molecule has 0 aromatic carbocycles. The van der Waals surface area contributed by atoms with Gasteiger partial charge in [0.05, 0.1) is 0 Å². The number of halogens is 4. The van der Waals surface area contributed by atoms with Gasteiger partial charge in [0, 0.05) is 12.1 Å². The summed E-state index contributed by atoms with van der Waals surface area (Å²) in [5.41, 5.74) is -1.01. The number of hydrogen-bond donors (Lipinski definition) is 1. The minimum absolute atomic E-state index is 0.145. The van der Waals surface area contributed by atoms with E-state index in [1.165, 1.54) is 0 Å². The highest BCUT2D eigenvalue weighted by Gasteiger charge is 2.33. The zero-order valence-electron chi connectivity index (χ0n) is 11.2. The number of rotatable bonds is 2. The monoisotopic (exact) mass is 307 g/mol. The maximum Gasteiger partial charge on any atom is 0.433 e. The Balaban J connectivity index is 2.11. The quantitative estimate of drug-likeness (QED) is 0.644. The van der Waals surface area contributed by atoms with Crippen molar-refractivity contribution in [1.29, 1.82) is 0 Å². The number of hydrogen-bond acceptors (Lipinski definition) is 3. The summed E-state index contributed by atoms with van der Waals surface area (Å²) in [6, 6.07) is 1.06. The molecule has 0 aliphatic heterocycles. The van der Waals surface area contributed by atoms with Crippen LogP contribution in [0, 0.1) is 5.92 Å². The summed E-state index contributed by atoms with van der Waals surface area (Å²) >= 11 is 5.57. The van der Waals surface area contributed by atoms with E-state index in [4.69, 9.17) is 11.6 Å². The maximum absolute atomic E-state index is 12.7. The van der Waals surface area contributed by atoms with Crippen LogP contribution in [0.15, 0.2) is 6.07 Å². The molecule has 1 aromatic rings. The van der Waals surface area contributed by atoms with E-state index in [1.807, 2.05) is 0 Å². The van der Waals surface area contributed by atoms with Crippen molar-refractivity contribution in [2.75, 3.05) is 5.32 Å². The van der Waals surface area contributed by atoms with Gasteiger partial charge in [-0.15, -0.1) is 0 Å². The molecular formula is C13H17ClF3N3. The average Bonchev–Trinajstić information content (AvgIpc) is 2.53. The average molecular weight is 308 g/mol. The lowest BCUT2D eigenvalue weighted by Crippen LogP contribution is -2.20. The summed E-state index contributed by atoms with van der Waals surface area (Å²) < 4.78 is 38.0. The second kappa shape index (κ2) is 6.16. The van der Waals surface area contributed by atoms with Gasteiger partial charge in [0.1, 0.15) is 5.82 Å². The van der Waals surface area contributed by atoms with E-state index in [1.54, 1.807) is 0 Å². The van der Waals surface area contributed by atoms with Crippen molar-refractivity contribution in [2.24, 2.45) is 5.92 Å². The molecule has 3 nitrogen and oxygen atoms in total. The second-order valence-electron chi connectivity index (χ2n) is 5.36. The second-order valence-corrected chi connectivity index (χ2v) is 5.70. The SMILES string of the molecule is CC1CCCC(Nc2cc(C(F)(F)F)nc(Cl)n2)CC1. The molecule has 1 heterocycles. The summed E-state index contributed by atoms with van der Waals surface area (Å²) in [6.07, 6.45) is 0.668. The molecule has 0 amide bonds. The number of aromatic nitrogens is 2. The Kier molecular flexibility index (Phi) is 4.73. The van der Waals surface area contributed by atoms with Crippen molar-refractivity contribution in [2.45, 2.75) is 51.2 Å². The van der Waals surface area contributed by atoms with Gasteiger partial charge in [0.2, 0.25) is 5.28 Å². The largest absolute Gasteiger partial charge is 0.433 e. The Morgan fingerprint density at radius 3 is 2.65 bits per heavy atom. The van der Waals surface area contributed by atoms with Gasteiger partial charge in [0.15, 0.2) is 5.69 Å². The zero-order valence-corrected chi connectivity index (χ0v) is 11.9. The molecule has 1 aromatic heterocycles. The fourth-order valence-electron chi connectivity index (χ4n) is 2.48. The fraction of sp³-hybridized carbons (Fsp3) is 0.692. The molecule has 1 N–H and O–H groups in total. The highest BCUT2D eigenvalue weighted by atomic mass is 35.5. The Labute approximate surface area is 120 Å². The van der Waals surface area contributed by atoms with E-state index < -0.39 is 11.9 Å². The Hall–Kier alpha value is -1.04. The van der Waals surface area contributed by atoms with Crippen molar-refractivity contribution in [3.8, 4) is 0 Å². The third kappa shape index (κ3) is 4.23. The third-order valence-corrected chi connectivity index (χ3v) is 3.77. The normalized spacial score (nSPS) is 24.2. The molecule has 0 radical (unpaired) electrons. The first-order chi connectivity index (χ1) is 9.34. The van der Waals surface area contributed by atoms with E-state index in [-0.39, 0.29) is 17.1 Å². The molecule has 20 heavy (non-hydrogen) atoms. The van der Waals surface area contributed by atoms with Gasteiger partial charge in [-0.1, -0.05) is 19.8 Å². The van der Waals surface area contributed by atoms with Crippen LogP contribution >= 0.6 is 11.6 Å². The van der Waals surface area contributed by atoms with Crippen LogP contribution in [0.25, 0.3) is 0 Å². The van der Waals surface area contributed by atoms with E-state index in [9.17, 15) is 13.2 Å². The van der Waals surface area contributed by atoms with E-state index in [0.29, 0.717) is 5.92 Å². The molecule has 7 heteroatoms. The van der Waals surface area contributed by atoms with Gasteiger partial charge in [-0.05, 0) is 36.8 Å². The van der Waals surface area contributed by atoms with Crippen molar-refractivity contribution in [3.63, 3.8) is 0 Å². The molecule has 1 aliphatic carbocycles. The van der Waals surface area contributed by atoms with Gasteiger partial charge < -0.3 is 5.32 Å². The van der Waals surface area contributed by atoms with Crippen LogP contribution in [0.3, 0.4) is 0 Å². The Bertz CT molecular complexity index is 465. The Morgan fingerprint density at radius 1 is 1.20 bits per heavy atom. The van der Waals surface area contributed by atoms with E-state index >= 15 is 0 Å². The molecule has 0 bridgehead atoms. The van der Waals surface area contributed by atoms with Crippen LogP contribution in [0.1, 0.15) is 44.7 Å². The van der Waals surface area contributed by atoms with Crippen LogP contribution in [0.2, 0.25) is 5.28 Å². The molecule has 112 valence electrons. The van der Waals surface area contributed by atoms with E-state index in [0.717, 1.165) is 38.2 Å². The molecule has 2 atom stereocenters. The standard InChI is InChI=1S/C13H17ClF3N3/c1-8-3-2-4-9(6-5-8)18-11-7-10(13(15,16)17)19-12(14)20-11/h7-9H,2-6H2,1H3,(H,18,19,20). The number of alkyl halides is 3. The fourth-order valence-corrected chi connectivity index (χ4v) is 2.66. The minimum atomic E-state index is -4.51. The summed E-state index contributed by atoms with van der Waals surface area (Å²) in [4.78, 5) is 7.05. The first-order valence-corrected chi connectivity index (χ1v) is 7.10. The zero-order chi connectivity index (χ0) is 14.8. The molecule has 0 saturated heterocycles. The van der Waals surface area contributed by atoms with E-state index in [2.05, 4.69) is 22.2 Å². The summed E-state index contributed by atoms with van der Waals surface area (Å²) in [7, 11) is 0. The van der Waals surface area contributed by atoms with Crippen LogP contribution < -0.4 is 5.32 Å². The maximum atomic E-state index is 12.7. The molecular weight excluding hydrogens is 291 g/mol. The molecule has 1 fully saturated rings. The predicted molar refractivity (Wildman–Crippen MR) is 71.7 cm³/mol. The van der Waals surface area contributed by atoms with Crippen molar-refractivity contribution >= 4 is 17.4 Å². The lowest BCUT2D eigenvalue weighted by Gasteiger charge is -2.18. The van der Waals surface area contributed by atoms with Crippen LogP contribution in [-0.2, 0) is 6.18 Å². The summed E-state index contributed by atoms with van der Waals surface area (Å²) in [5, 5.41) is 2.67. The van der Waals surface area contributed by atoms with Crippen LogP contribution in [-0.4, -0.2) is 16.0 Å². The van der Waals surface area contributed by atoms with Crippen LogP contribution in [0.4, 0.5) is 19.0 Å². The number of nitrogens with one attached hydrogen (secondary N) is 1. The number of nitrogens with zero attached hydrogens (tertiary/aromatic N) is 2. The van der Waals surface area contributed by atoms with Crippen molar-refractivity contribution in [1.82, 2.24) is 9.97 Å². The van der Waals surface area contributed by atoms with Crippen molar-refractivity contribution < 1.29 is 13.2 Å². The smallest absolute Gasteiger partial charge is 0.367 e. The summed E-state index contributed by atoms with van der Waals surface area (Å²) in [5.74, 6) is 0.818. The van der Waals surface area contributed by atoms with Gasteiger partial charge in [-0.3, -0.25) is 0 Å². The Morgan fingerprint density at radius 2 is 1.95 bits per heavy atom. The molecule has 1 aliphatic rings. The predicted octanol–water partition coefficient (Wildman–Crippen LogP) is 4.53. The highest BCUT2D eigenvalue weighted by molar-refractivity contribution is 6.28. The molecule has 2 rings (SSSR count). The van der Waals surface area contributed by atoms with Crippen molar-refractivity contribution in [3.05, 3.63) is 17.0 Å². The first-order valence-electron chi connectivity index (χ1n) is 6.73. The van der Waals surface area contributed by atoms with Gasteiger partial charge in [0.25, 0.3) is 0 Å². The van der Waals surface area contributed by atoms with Gasteiger partial charge in [-0.25, -0.2) is 9.97 Å².